The van der Waals surface area contributed by atoms with Crippen molar-refractivity contribution >= 4 is 16.6 Å². The van der Waals surface area contributed by atoms with Gasteiger partial charge in [-0.05, 0) is 36.5 Å². The Bertz CT molecular complexity index is 1010. The maximum Gasteiger partial charge on any atom is 0.279 e. The molecule has 1 aromatic carbocycles. The van der Waals surface area contributed by atoms with Gasteiger partial charge >= 0.3 is 0 Å². The summed E-state index contributed by atoms with van der Waals surface area (Å²) < 4.78 is 0. The average Bonchev–Trinajstić information content (AvgIpc) is 3.43. The van der Waals surface area contributed by atoms with Gasteiger partial charge in [0.2, 0.25) is 0 Å². The lowest BCUT2D eigenvalue weighted by molar-refractivity contribution is -0.383. The predicted octanol–water partition coefficient (Wildman–Crippen LogP) is 3.30. The second-order valence-electron chi connectivity index (χ2n) is 7.21. The Balaban J connectivity index is 1.43. The monoisotopic (exact) mass is 349 g/mol. The maximum absolute atomic E-state index is 11.4. The highest BCUT2D eigenvalue weighted by Crippen LogP contribution is 2.38. The van der Waals surface area contributed by atoms with E-state index in [0.717, 1.165) is 42.1 Å². The van der Waals surface area contributed by atoms with Crippen molar-refractivity contribution < 1.29 is 4.92 Å². The number of non-ortho nitro benzene ring substituents is 1. The molecule has 5 rings (SSSR count). The number of H-pyrrole nitrogens is 1. The van der Waals surface area contributed by atoms with Crippen molar-refractivity contribution in [3.63, 3.8) is 0 Å². The first-order valence-electron chi connectivity index (χ1n) is 8.99. The number of nitrogens with one attached hydrogen (secondary N) is 1. The number of aromatic nitrogens is 3. The Kier molecular flexibility index (Phi) is 3.49. The smallest absolute Gasteiger partial charge is 0.279 e. The van der Waals surface area contributed by atoms with Gasteiger partial charge in [-0.1, -0.05) is 6.07 Å². The largest absolute Gasteiger partial charge is 0.361 e. The molecule has 1 aliphatic heterocycles. The van der Waals surface area contributed by atoms with Crippen LogP contribution in [0.2, 0.25) is 0 Å². The third kappa shape index (κ3) is 2.64. The van der Waals surface area contributed by atoms with Crippen molar-refractivity contribution in [2.45, 2.75) is 38.3 Å². The molecule has 0 radical (unpaired) electrons. The molecule has 0 amide bonds. The molecule has 2 aliphatic rings. The first-order chi connectivity index (χ1) is 12.7. The van der Waals surface area contributed by atoms with E-state index in [4.69, 9.17) is 4.98 Å². The molecule has 7 heteroatoms. The minimum absolute atomic E-state index is 0.162. The van der Waals surface area contributed by atoms with Gasteiger partial charge in [0.05, 0.1) is 21.5 Å². The SMILES string of the molecule is O=[N+]([O-])c1cccc2[nH]cc(CN3CCc4cnc(C5CC5)nc4C3)c12. The van der Waals surface area contributed by atoms with Crippen LogP contribution in [0.1, 0.15) is 41.4 Å². The van der Waals surface area contributed by atoms with Gasteiger partial charge in [0.1, 0.15) is 5.82 Å². The summed E-state index contributed by atoms with van der Waals surface area (Å²) in [7, 11) is 0. The van der Waals surface area contributed by atoms with Gasteiger partial charge in [0.15, 0.2) is 0 Å². The molecule has 0 bridgehead atoms. The van der Waals surface area contributed by atoms with Crippen LogP contribution < -0.4 is 0 Å². The van der Waals surface area contributed by atoms with Gasteiger partial charge in [-0.15, -0.1) is 0 Å². The van der Waals surface area contributed by atoms with Crippen molar-refractivity contribution in [2.24, 2.45) is 0 Å². The zero-order valence-electron chi connectivity index (χ0n) is 14.3. The number of benzene rings is 1. The standard InChI is InChI=1S/C19H19N5O2/c25-24(26)17-3-1-2-15-18(17)14(9-20-15)10-23-7-6-13-8-21-19(12-4-5-12)22-16(13)11-23/h1-3,8-9,12,20H,4-7,10-11H2. The number of rotatable bonds is 4. The summed E-state index contributed by atoms with van der Waals surface area (Å²) in [5.74, 6) is 1.53. The van der Waals surface area contributed by atoms with Crippen LogP contribution in [0.15, 0.2) is 30.6 Å². The number of nitro groups is 1. The van der Waals surface area contributed by atoms with Crippen LogP contribution in [0.3, 0.4) is 0 Å². The van der Waals surface area contributed by atoms with Crippen LogP contribution in [0.25, 0.3) is 10.9 Å². The summed E-state index contributed by atoms with van der Waals surface area (Å²) in [4.78, 5) is 25.9. The summed E-state index contributed by atoms with van der Waals surface area (Å²) in [6.45, 7) is 2.35. The van der Waals surface area contributed by atoms with E-state index < -0.39 is 0 Å². The highest BCUT2D eigenvalue weighted by atomic mass is 16.6. The van der Waals surface area contributed by atoms with Gasteiger partial charge in [0, 0.05) is 44.0 Å². The van der Waals surface area contributed by atoms with Crippen LogP contribution in [0.5, 0.6) is 0 Å². The summed E-state index contributed by atoms with van der Waals surface area (Å²) in [6, 6.07) is 5.17. The van der Waals surface area contributed by atoms with Gasteiger partial charge in [-0.2, -0.15) is 0 Å². The number of nitro benzene ring substituents is 1. The van der Waals surface area contributed by atoms with E-state index in [9.17, 15) is 10.1 Å². The minimum Gasteiger partial charge on any atom is -0.361 e. The molecule has 1 fully saturated rings. The topological polar surface area (TPSA) is 88.0 Å². The van der Waals surface area contributed by atoms with Gasteiger partial charge in [-0.25, -0.2) is 9.97 Å². The summed E-state index contributed by atoms with van der Waals surface area (Å²) >= 11 is 0. The quantitative estimate of drug-likeness (QED) is 0.577. The molecule has 1 saturated carbocycles. The van der Waals surface area contributed by atoms with Crippen molar-refractivity contribution in [2.75, 3.05) is 6.54 Å². The Morgan fingerprint density at radius 2 is 2.23 bits per heavy atom. The fraction of sp³-hybridized carbons (Fsp3) is 0.368. The first kappa shape index (κ1) is 15.5. The van der Waals surface area contributed by atoms with E-state index in [2.05, 4.69) is 14.9 Å². The molecule has 0 spiro atoms. The van der Waals surface area contributed by atoms with E-state index >= 15 is 0 Å². The second-order valence-corrected chi connectivity index (χ2v) is 7.21. The van der Waals surface area contributed by atoms with Crippen LogP contribution in [0, 0.1) is 10.1 Å². The number of aromatic amines is 1. The van der Waals surface area contributed by atoms with Crippen LogP contribution in [-0.4, -0.2) is 31.3 Å². The van der Waals surface area contributed by atoms with Gasteiger partial charge in [0.25, 0.3) is 5.69 Å². The fourth-order valence-corrected chi connectivity index (χ4v) is 3.80. The van der Waals surface area contributed by atoms with Crippen molar-refractivity contribution in [1.29, 1.82) is 0 Å². The van der Waals surface area contributed by atoms with E-state index in [1.54, 1.807) is 12.1 Å². The molecule has 2 aromatic heterocycles. The van der Waals surface area contributed by atoms with Crippen LogP contribution in [0.4, 0.5) is 5.69 Å². The molecule has 3 heterocycles. The highest BCUT2D eigenvalue weighted by molar-refractivity contribution is 5.91. The molecule has 7 nitrogen and oxygen atoms in total. The van der Waals surface area contributed by atoms with Crippen LogP contribution in [-0.2, 0) is 19.5 Å². The number of hydrogen-bond donors (Lipinski definition) is 1. The Labute approximate surface area is 150 Å². The summed E-state index contributed by atoms with van der Waals surface area (Å²) in [5.41, 5.74) is 4.28. The highest BCUT2D eigenvalue weighted by Gasteiger charge is 2.28. The molecule has 132 valence electrons. The summed E-state index contributed by atoms with van der Waals surface area (Å²) in [6.07, 6.45) is 7.19. The third-order valence-corrected chi connectivity index (χ3v) is 5.34. The average molecular weight is 349 g/mol. The molecular formula is C19H19N5O2. The number of hydrogen-bond acceptors (Lipinski definition) is 5. The molecule has 26 heavy (non-hydrogen) atoms. The number of nitrogens with zero attached hydrogens (tertiary/aromatic N) is 4. The normalized spacial score (nSPS) is 17.4. The van der Waals surface area contributed by atoms with E-state index in [0.29, 0.717) is 17.8 Å². The predicted molar refractivity (Wildman–Crippen MR) is 96.8 cm³/mol. The van der Waals surface area contributed by atoms with Crippen LogP contribution >= 0.6 is 0 Å². The van der Waals surface area contributed by atoms with E-state index in [-0.39, 0.29) is 10.6 Å². The lowest BCUT2D eigenvalue weighted by atomic mass is 10.0. The zero-order valence-corrected chi connectivity index (χ0v) is 14.3. The Hall–Kier alpha value is -2.80. The van der Waals surface area contributed by atoms with Crippen molar-refractivity contribution in [3.8, 4) is 0 Å². The summed E-state index contributed by atoms with van der Waals surface area (Å²) in [5, 5.41) is 12.1. The minimum atomic E-state index is -0.305. The fourth-order valence-electron chi connectivity index (χ4n) is 3.80. The molecule has 0 saturated heterocycles. The molecule has 1 aliphatic carbocycles. The van der Waals surface area contributed by atoms with Crippen molar-refractivity contribution in [1.82, 2.24) is 19.9 Å². The molecule has 0 unspecified atom stereocenters. The van der Waals surface area contributed by atoms with E-state index in [1.807, 2.05) is 18.5 Å². The first-order valence-corrected chi connectivity index (χ1v) is 8.99. The second kappa shape index (κ2) is 5.88. The molecule has 0 atom stereocenters. The van der Waals surface area contributed by atoms with Crippen molar-refractivity contribution in [3.05, 3.63) is 63.4 Å². The van der Waals surface area contributed by atoms with Gasteiger partial charge < -0.3 is 4.98 Å². The zero-order chi connectivity index (χ0) is 17.7. The molecule has 1 N–H and O–H groups in total. The lowest BCUT2D eigenvalue weighted by Gasteiger charge is -2.27. The third-order valence-electron chi connectivity index (χ3n) is 5.34. The molecular weight excluding hydrogens is 330 g/mol. The maximum atomic E-state index is 11.4. The van der Waals surface area contributed by atoms with E-state index in [1.165, 1.54) is 18.4 Å². The molecule has 3 aromatic rings. The van der Waals surface area contributed by atoms with Gasteiger partial charge in [-0.3, -0.25) is 15.0 Å². The lowest BCUT2D eigenvalue weighted by Crippen LogP contribution is -2.31. The Morgan fingerprint density at radius 1 is 1.35 bits per heavy atom. The number of fused-ring (bicyclic) bond motifs is 2. The Morgan fingerprint density at radius 3 is 3.04 bits per heavy atom.